The Balaban J connectivity index is 2.04. The second-order valence-corrected chi connectivity index (χ2v) is 5.97. The fraction of sp³-hybridized carbons (Fsp3) is 0.176. The molecule has 19 heavy (non-hydrogen) atoms. The van der Waals surface area contributed by atoms with Crippen molar-refractivity contribution in [1.29, 1.82) is 0 Å². The van der Waals surface area contributed by atoms with Crippen LogP contribution in [0.5, 0.6) is 0 Å². The van der Waals surface area contributed by atoms with Gasteiger partial charge in [0.2, 0.25) is 0 Å². The van der Waals surface area contributed by atoms with Crippen LogP contribution < -0.4 is 0 Å². The zero-order valence-electron chi connectivity index (χ0n) is 11.2. The SMILES string of the molecule is Cc1cc(C)cc(Cn2ccc3c(Br)cccc32)c1. The highest BCUT2D eigenvalue weighted by molar-refractivity contribution is 9.10. The van der Waals surface area contributed by atoms with E-state index in [1.54, 1.807) is 0 Å². The average molecular weight is 314 g/mol. The molecule has 0 radical (unpaired) electrons. The molecule has 0 aliphatic rings. The normalized spacial score (nSPS) is 11.1. The highest BCUT2D eigenvalue weighted by atomic mass is 79.9. The quantitative estimate of drug-likeness (QED) is 0.622. The molecule has 96 valence electrons. The van der Waals surface area contributed by atoms with Crippen LogP contribution in [0.1, 0.15) is 16.7 Å². The standard InChI is InChI=1S/C17H16BrN/c1-12-8-13(2)10-14(9-12)11-19-7-6-15-16(18)4-3-5-17(15)19/h3-10H,11H2,1-2H3. The molecule has 0 fully saturated rings. The highest BCUT2D eigenvalue weighted by Gasteiger charge is 2.04. The average Bonchev–Trinajstić information content (AvgIpc) is 2.73. The van der Waals surface area contributed by atoms with Crippen LogP contribution in [0.2, 0.25) is 0 Å². The molecule has 0 aliphatic carbocycles. The smallest absolute Gasteiger partial charge is 0.0494 e. The van der Waals surface area contributed by atoms with Gasteiger partial charge in [-0.2, -0.15) is 0 Å². The third-order valence-corrected chi connectivity index (χ3v) is 4.09. The Bertz CT molecular complexity index is 720. The third kappa shape index (κ3) is 2.45. The van der Waals surface area contributed by atoms with Crippen molar-refractivity contribution in [2.24, 2.45) is 0 Å². The van der Waals surface area contributed by atoms with Gasteiger partial charge >= 0.3 is 0 Å². The Hall–Kier alpha value is -1.54. The molecule has 1 nitrogen and oxygen atoms in total. The van der Waals surface area contributed by atoms with Crippen molar-refractivity contribution in [3.8, 4) is 0 Å². The summed E-state index contributed by atoms with van der Waals surface area (Å²) in [5, 5.41) is 1.27. The molecule has 2 aromatic carbocycles. The summed E-state index contributed by atoms with van der Waals surface area (Å²) < 4.78 is 3.46. The minimum Gasteiger partial charge on any atom is -0.343 e. The first-order valence-corrected chi connectivity index (χ1v) is 7.23. The maximum absolute atomic E-state index is 3.61. The van der Waals surface area contributed by atoms with E-state index in [2.05, 4.69) is 83.0 Å². The van der Waals surface area contributed by atoms with Crippen molar-refractivity contribution in [1.82, 2.24) is 4.57 Å². The van der Waals surface area contributed by atoms with E-state index in [9.17, 15) is 0 Å². The number of rotatable bonds is 2. The van der Waals surface area contributed by atoms with Gasteiger partial charge in [-0.25, -0.2) is 0 Å². The summed E-state index contributed by atoms with van der Waals surface area (Å²) in [6.07, 6.45) is 2.16. The molecule has 0 aliphatic heterocycles. The first-order valence-electron chi connectivity index (χ1n) is 6.44. The molecule has 0 unspecified atom stereocenters. The van der Waals surface area contributed by atoms with Crippen molar-refractivity contribution in [2.75, 3.05) is 0 Å². The first-order chi connectivity index (χ1) is 9.13. The molecular formula is C17H16BrN. The zero-order chi connectivity index (χ0) is 13.4. The van der Waals surface area contributed by atoms with Gasteiger partial charge in [0.05, 0.1) is 0 Å². The number of halogens is 1. The van der Waals surface area contributed by atoms with Crippen LogP contribution in [0.4, 0.5) is 0 Å². The van der Waals surface area contributed by atoms with E-state index in [4.69, 9.17) is 0 Å². The zero-order valence-corrected chi connectivity index (χ0v) is 12.7. The Morgan fingerprint density at radius 2 is 1.74 bits per heavy atom. The minimum absolute atomic E-state index is 0.919. The molecule has 0 amide bonds. The van der Waals surface area contributed by atoms with E-state index in [1.807, 2.05) is 0 Å². The van der Waals surface area contributed by atoms with Crippen molar-refractivity contribution in [3.05, 3.63) is 69.8 Å². The number of hydrogen-bond acceptors (Lipinski definition) is 0. The van der Waals surface area contributed by atoms with Crippen molar-refractivity contribution >= 4 is 26.8 Å². The maximum Gasteiger partial charge on any atom is 0.0494 e. The Morgan fingerprint density at radius 3 is 2.47 bits per heavy atom. The summed E-state index contributed by atoms with van der Waals surface area (Å²) in [7, 11) is 0. The Kier molecular flexibility index (Phi) is 3.19. The van der Waals surface area contributed by atoms with Crippen LogP contribution in [-0.4, -0.2) is 4.57 Å². The third-order valence-electron chi connectivity index (χ3n) is 3.39. The maximum atomic E-state index is 3.61. The largest absolute Gasteiger partial charge is 0.343 e. The lowest BCUT2D eigenvalue weighted by molar-refractivity contribution is 0.834. The van der Waals surface area contributed by atoms with Gasteiger partial charge in [-0.3, -0.25) is 0 Å². The topological polar surface area (TPSA) is 4.93 Å². The lowest BCUT2D eigenvalue weighted by atomic mass is 10.1. The van der Waals surface area contributed by atoms with Crippen molar-refractivity contribution < 1.29 is 0 Å². The molecule has 0 saturated carbocycles. The van der Waals surface area contributed by atoms with Crippen LogP contribution in [0.3, 0.4) is 0 Å². The van der Waals surface area contributed by atoms with Crippen LogP contribution in [0.15, 0.2) is 53.1 Å². The molecule has 1 aromatic heterocycles. The summed E-state index contributed by atoms with van der Waals surface area (Å²) in [5.41, 5.74) is 5.28. The number of aromatic nitrogens is 1. The van der Waals surface area contributed by atoms with Crippen LogP contribution in [0, 0.1) is 13.8 Å². The Labute approximate surface area is 122 Å². The predicted octanol–water partition coefficient (Wildman–Crippen LogP) is 5.07. The number of benzene rings is 2. The van der Waals surface area contributed by atoms with E-state index in [1.165, 1.54) is 27.6 Å². The van der Waals surface area contributed by atoms with E-state index in [0.717, 1.165) is 11.0 Å². The molecule has 0 bridgehead atoms. The van der Waals surface area contributed by atoms with E-state index < -0.39 is 0 Å². The number of aryl methyl sites for hydroxylation is 2. The van der Waals surface area contributed by atoms with E-state index in [-0.39, 0.29) is 0 Å². The number of nitrogens with zero attached hydrogens (tertiary/aromatic N) is 1. The number of fused-ring (bicyclic) bond motifs is 1. The fourth-order valence-electron chi connectivity index (χ4n) is 2.68. The van der Waals surface area contributed by atoms with Crippen LogP contribution in [0.25, 0.3) is 10.9 Å². The molecule has 0 saturated heterocycles. The molecule has 3 aromatic rings. The number of hydrogen-bond donors (Lipinski definition) is 0. The van der Waals surface area contributed by atoms with Crippen LogP contribution in [-0.2, 0) is 6.54 Å². The lowest BCUT2D eigenvalue weighted by Gasteiger charge is -2.08. The van der Waals surface area contributed by atoms with Gasteiger partial charge in [0.25, 0.3) is 0 Å². The molecule has 0 N–H and O–H groups in total. The molecule has 2 heteroatoms. The Morgan fingerprint density at radius 1 is 1.00 bits per heavy atom. The molecule has 0 spiro atoms. The van der Waals surface area contributed by atoms with Gasteiger partial charge in [0.15, 0.2) is 0 Å². The van der Waals surface area contributed by atoms with Crippen LogP contribution >= 0.6 is 15.9 Å². The van der Waals surface area contributed by atoms with Gasteiger partial charge in [-0.1, -0.05) is 51.3 Å². The minimum atomic E-state index is 0.919. The second kappa shape index (κ2) is 4.86. The first kappa shape index (κ1) is 12.5. The van der Waals surface area contributed by atoms with Gasteiger partial charge < -0.3 is 4.57 Å². The molecule has 3 rings (SSSR count). The highest BCUT2D eigenvalue weighted by Crippen LogP contribution is 2.25. The van der Waals surface area contributed by atoms with Gasteiger partial charge in [-0.15, -0.1) is 0 Å². The summed E-state index contributed by atoms with van der Waals surface area (Å²) in [5.74, 6) is 0. The second-order valence-electron chi connectivity index (χ2n) is 5.11. The monoisotopic (exact) mass is 313 g/mol. The van der Waals surface area contributed by atoms with E-state index in [0.29, 0.717) is 0 Å². The van der Waals surface area contributed by atoms with Crippen molar-refractivity contribution in [2.45, 2.75) is 20.4 Å². The summed E-state index contributed by atoms with van der Waals surface area (Å²) in [6.45, 7) is 5.23. The molecule has 0 atom stereocenters. The lowest BCUT2D eigenvalue weighted by Crippen LogP contribution is -1.98. The van der Waals surface area contributed by atoms with Gasteiger partial charge in [-0.05, 0) is 37.6 Å². The summed E-state index contributed by atoms with van der Waals surface area (Å²) in [4.78, 5) is 0. The predicted molar refractivity (Wildman–Crippen MR) is 84.7 cm³/mol. The van der Waals surface area contributed by atoms with Gasteiger partial charge in [0, 0.05) is 28.1 Å². The molecular weight excluding hydrogens is 298 g/mol. The molecule has 1 heterocycles. The summed E-state index contributed by atoms with van der Waals surface area (Å²) in [6, 6.07) is 15.3. The summed E-state index contributed by atoms with van der Waals surface area (Å²) >= 11 is 3.61. The fourth-order valence-corrected chi connectivity index (χ4v) is 3.17. The van der Waals surface area contributed by atoms with E-state index >= 15 is 0 Å². The van der Waals surface area contributed by atoms with Crippen molar-refractivity contribution in [3.63, 3.8) is 0 Å². The van der Waals surface area contributed by atoms with Gasteiger partial charge in [0.1, 0.15) is 0 Å².